The molecule has 2 saturated carbocycles. The molecule has 4 rings (SSSR count). The molecule has 2 aliphatic rings. The minimum Gasteiger partial charge on any atom is -0.385 e. The maximum atomic E-state index is 11.2. The Morgan fingerprint density at radius 2 is 2.14 bits per heavy atom. The fourth-order valence-electron chi connectivity index (χ4n) is 4.11. The lowest BCUT2D eigenvalue weighted by Crippen LogP contribution is -2.32. The summed E-state index contributed by atoms with van der Waals surface area (Å²) in [5.41, 5.74) is 2.27. The van der Waals surface area contributed by atoms with Gasteiger partial charge in [-0.3, -0.25) is 9.89 Å². The van der Waals surface area contributed by atoms with Gasteiger partial charge < -0.3 is 10.4 Å². The zero-order valence-corrected chi connectivity index (χ0v) is 12.2. The zero-order valence-electron chi connectivity index (χ0n) is 12.2. The van der Waals surface area contributed by atoms with Crippen molar-refractivity contribution in [3.05, 3.63) is 29.5 Å². The van der Waals surface area contributed by atoms with Crippen LogP contribution in [-0.4, -0.2) is 27.3 Å². The first-order valence-electron chi connectivity index (χ1n) is 7.42. The number of carbonyl (C=O) groups excluding carboxylic acids is 1. The number of aryl methyl sites for hydroxylation is 1. The van der Waals surface area contributed by atoms with Crippen LogP contribution < -0.4 is 5.32 Å². The van der Waals surface area contributed by atoms with Crippen molar-refractivity contribution in [2.24, 2.45) is 11.8 Å². The van der Waals surface area contributed by atoms with Crippen LogP contribution >= 0.6 is 0 Å². The first-order chi connectivity index (χ1) is 9.98. The molecule has 21 heavy (non-hydrogen) atoms. The van der Waals surface area contributed by atoms with E-state index in [1.165, 1.54) is 0 Å². The van der Waals surface area contributed by atoms with Gasteiger partial charge in [0.05, 0.1) is 17.3 Å². The first kappa shape index (κ1) is 12.8. The topological polar surface area (TPSA) is 78.0 Å². The van der Waals surface area contributed by atoms with Crippen molar-refractivity contribution in [3.8, 4) is 0 Å². The fraction of sp³-hybridized carbons (Fsp3) is 0.500. The number of aliphatic hydroxyl groups is 1. The van der Waals surface area contributed by atoms with Gasteiger partial charge in [0.2, 0.25) is 5.91 Å². The van der Waals surface area contributed by atoms with Crippen LogP contribution in [0.2, 0.25) is 0 Å². The van der Waals surface area contributed by atoms with Gasteiger partial charge >= 0.3 is 0 Å². The molecule has 0 aliphatic heterocycles. The third-order valence-corrected chi connectivity index (χ3v) is 5.05. The Bertz CT molecular complexity index is 724. The number of aromatic amines is 1. The number of nitrogens with zero attached hydrogens (tertiary/aromatic N) is 1. The van der Waals surface area contributed by atoms with Crippen LogP contribution in [0.1, 0.15) is 30.9 Å². The molecule has 1 aromatic heterocycles. The number of H-pyrrole nitrogens is 1. The molecule has 2 unspecified atom stereocenters. The molecule has 5 nitrogen and oxygen atoms in total. The number of fused-ring (bicyclic) bond motifs is 2. The van der Waals surface area contributed by atoms with Crippen molar-refractivity contribution in [2.75, 3.05) is 0 Å². The van der Waals surface area contributed by atoms with Crippen molar-refractivity contribution < 1.29 is 9.90 Å². The summed E-state index contributed by atoms with van der Waals surface area (Å²) in [7, 11) is 0. The summed E-state index contributed by atoms with van der Waals surface area (Å²) < 4.78 is 0. The lowest BCUT2D eigenvalue weighted by Gasteiger charge is -2.27. The predicted octanol–water partition coefficient (Wildman–Crippen LogP) is 1.60. The summed E-state index contributed by atoms with van der Waals surface area (Å²) in [4.78, 5) is 11.2. The van der Waals surface area contributed by atoms with Crippen LogP contribution in [0.15, 0.2) is 18.3 Å². The largest absolute Gasteiger partial charge is 0.385 e. The van der Waals surface area contributed by atoms with Gasteiger partial charge in [-0.2, -0.15) is 5.10 Å². The van der Waals surface area contributed by atoms with Gasteiger partial charge in [-0.25, -0.2) is 0 Å². The molecule has 2 aromatic rings. The van der Waals surface area contributed by atoms with Gasteiger partial charge in [-0.05, 0) is 48.8 Å². The van der Waals surface area contributed by atoms with E-state index in [1.54, 1.807) is 13.1 Å². The number of benzene rings is 1. The summed E-state index contributed by atoms with van der Waals surface area (Å²) >= 11 is 0. The highest BCUT2D eigenvalue weighted by Gasteiger charge is 2.62. The van der Waals surface area contributed by atoms with E-state index in [-0.39, 0.29) is 11.9 Å². The maximum Gasteiger partial charge on any atom is 0.217 e. The molecule has 0 bridgehead atoms. The van der Waals surface area contributed by atoms with Gasteiger partial charge in [-0.15, -0.1) is 0 Å². The average molecular weight is 285 g/mol. The van der Waals surface area contributed by atoms with Crippen molar-refractivity contribution in [1.29, 1.82) is 0 Å². The Morgan fingerprint density at radius 1 is 1.43 bits per heavy atom. The summed E-state index contributed by atoms with van der Waals surface area (Å²) in [5, 5.41) is 22.2. The summed E-state index contributed by atoms with van der Waals surface area (Å²) in [6.07, 6.45) is 3.22. The van der Waals surface area contributed by atoms with Crippen LogP contribution in [-0.2, 0) is 10.4 Å². The van der Waals surface area contributed by atoms with E-state index in [4.69, 9.17) is 0 Å². The molecular weight excluding hydrogens is 266 g/mol. The standard InChI is InChI=1S/C16H19N3O2/c1-8-3-13(12-7-17-19-14(12)4-8)16(21)5-10-11(6-16)15(10)18-9(2)20/h3-4,7,10-11,15,21H,5-6H2,1-2H3,(H,17,19)(H,18,20)/t10-,11+,15?,16?. The molecule has 2 aliphatic carbocycles. The minimum atomic E-state index is -0.793. The van der Waals surface area contributed by atoms with Crippen molar-refractivity contribution in [3.63, 3.8) is 0 Å². The summed E-state index contributed by atoms with van der Waals surface area (Å²) in [6, 6.07) is 4.37. The first-order valence-corrected chi connectivity index (χ1v) is 7.42. The molecule has 0 saturated heterocycles. The summed E-state index contributed by atoms with van der Waals surface area (Å²) in [5.74, 6) is 0.827. The van der Waals surface area contributed by atoms with Crippen molar-refractivity contribution in [1.82, 2.24) is 15.5 Å². The zero-order chi connectivity index (χ0) is 14.8. The third kappa shape index (κ3) is 1.87. The predicted molar refractivity (Wildman–Crippen MR) is 78.5 cm³/mol. The fourth-order valence-corrected chi connectivity index (χ4v) is 4.11. The monoisotopic (exact) mass is 285 g/mol. The number of hydrogen-bond donors (Lipinski definition) is 3. The third-order valence-electron chi connectivity index (χ3n) is 5.05. The molecule has 2 fully saturated rings. The highest BCUT2D eigenvalue weighted by molar-refractivity contribution is 5.83. The molecule has 5 heteroatoms. The number of carbonyl (C=O) groups is 1. The van der Waals surface area contributed by atoms with Gasteiger partial charge in [0.25, 0.3) is 0 Å². The highest BCUT2D eigenvalue weighted by atomic mass is 16.3. The van der Waals surface area contributed by atoms with E-state index in [9.17, 15) is 9.90 Å². The molecule has 0 radical (unpaired) electrons. The Hall–Kier alpha value is -1.88. The highest BCUT2D eigenvalue weighted by Crippen LogP contribution is 2.60. The van der Waals surface area contributed by atoms with E-state index >= 15 is 0 Å². The second kappa shape index (κ2) is 4.07. The molecule has 4 atom stereocenters. The Labute approximate surface area is 122 Å². The number of amides is 1. The quantitative estimate of drug-likeness (QED) is 0.784. The normalized spacial score (nSPS) is 34.0. The molecule has 110 valence electrons. The molecule has 3 N–H and O–H groups in total. The van der Waals surface area contributed by atoms with Crippen LogP contribution in [0.4, 0.5) is 0 Å². The van der Waals surface area contributed by atoms with Gasteiger partial charge in [-0.1, -0.05) is 6.07 Å². The number of nitrogens with one attached hydrogen (secondary N) is 2. The second-order valence-corrected chi connectivity index (χ2v) is 6.64. The number of aromatic nitrogens is 2. The van der Waals surface area contributed by atoms with Crippen LogP contribution in [0.25, 0.3) is 10.9 Å². The molecule has 1 amide bonds. The summed E-state index contributed by atoms with van der Waals surface area (Å²) in [6.45, 7) is 3.58. The Balaban J connectivity index is 1.65. The number of rotatable bonds is 2. The van der Waals surface area contributed by atoms with Gasteiger partial charge in [0.15, 0.2) is 0 Å². The Morgan fingerprint density at radius 3 is 2.81 bits per heavy atom. The van der Waals surface area contributed by atoms with Crippen molar-refractivity contribution in [2.45, 2.75) is 38.3 Å². The Kier molecular flexibility index (Phi) is 2.49. The van der Waals surface area contributed by atoms with E-state index in [1.807, 2.05) is 13.0 Å². The molecule has 1 aromatic carbocycles. The van der Waals surface area contributed by atoms with Crippen molar-refractivity contribution >= 4 is 16.8 Å². The lowest BCUT2D eigenvalue weighted by molar-refractivity contribution is -0.119. The smallest absolute Gasteiger partial charge is 0.217 e. The van der Waals surface area contributed by atoms with Gasteiger partial charge in [0, 0.05) is 18.4 Å². The van der Waals surface area contributed by atoms with Crippen LogP contribution in [0, 0.1) is 18.8 Å². The second-order valence-electron chi connectivity index (χ2n) is 6.64. The molecular formula is C16H19N3O2. The van der Waals surface area contributed by atoms with Crippen LogP contribution in [0.5, 0.6) is 0 Å². The average Bonchev–Trinajstić information content (AvgIpc) is 2.83. The van der Waals surface area contributed by atoms with Gasteiger partial charge in [0.1, 0.15) is 0 Å². The minimum absolute atomic E-state index is 0.0192. The number of hydrogen-bond acceptors (Lipinski definition) is 3. The van der Waals surface area contributed by atoms with E-state index < -0.39 is 5.60 Å². The van der Waals surface area contributed by atoms with Crippen LogP contribution in [0.3, 0.4) is 0 Å². The van der Waals surface area contributed by atoms with E-state index in [0.717, 1.165) is 22.0 Å². The SMILES string of the molecule is CC(=O)NC1[C@H]2CC(O)(c3cc(C)cc4[nH]ncc34)C[C@@H]12. The lowest BCUT2D eigenvalue weighted by atomic mass is 9.85. The maximum absolute atomic E-state index is 11.2. The van der Waals surface area contributed by atoms with E-state index in [2.05, 4.69) is 21.6 Å². The molecule has 1 heterocycles. The molecule has 0 spiro atoms. The van der Waals surface area contributed by atoms with E-state index in [0.29, 0.717) is 24.7 Å².